The lowest BCUT2D eigenvalue weighted by molar-refractivity contribution is -0.114. The molecule has 3 N–H and O–H groups in total. The molecule has 0 fully saturated rings. The molecule has 168 valence electrons. The van der Waals surface area contributed by atoms with Crippen molar-refractivity contribution in [1.82, 2.24) is 10.6 Å². The maximum absolute atomic E-state index is 11.2. The van der Waals surface area contributed by atoms with Gasteiger partial charge in [-0.3, -0.25) is 9.79 Å². The SMILES string of the molecule is CCNC(=NCC(C)COCc1ccccc1)NCCOc1cccc(NC(C)=O)c1. The second-order valence-corrected chi connectivity index (χ2v) is 7.31. The molecule has 2 rings (SSSR count). The number of anilines is 1. The summed E-state index contributed by atoms with van der Waals surface area (Å²) < 4.78 is 11.6. The molecule has 1 unspecified atom stereocenters. The third kappa shape index (κ3) is 10.5. The van der Waals surface area contributed by atoms with Crippen LogP contribution in [0.15, 0.2) is 59.6 Å². The predicted octanol–water partition coefficient (Wildman–Crippen LogP) is 3.43. The molecule has 0 aliphatic rings. The highest BCUT2D eigenvalue weighted by Gasteiger charge is 2.04. The first-order valence-corrected chi connectivity index (χ1v) is 10.7. The summed E-state index contributed by atoms with van der Waals surface area (Å²) in [5.74, 6) is 1.67. The van der Waals surface area contributed by atoms with Crippen molar-refractivity contribution >= 4 is 17.6 Å². The van der Waals surface area contributed by atoms with E-state index in [2.05, 4.69) is 40.0 Å². The van der Waals surface area contributed by atoms with E-state index in [-0.39, 0.29) is 5.91 Å². The molecule has 0 aromatic heterocycles. The van der Waals surface area contributed by atoms with E-state index in [4.69, 9.17) is 9.47 Å². The van der Waals surface area contributed by atoms with Crippen LogP contribution in [0.25, 0.3) is 0 Å². The van der Waals surface area contributed by atoms with E-state index in [0.29, 0.717) is 44.6 Å². The first kappa shape index (κ1) is 24.2. The van der Waals surface area contributed by atoms with Crippen molar-refractivity contribution in [2.75, 3.05) is 38.2 Å². The lowest BCUT2D eigenvalue weighted by atomic mass is 10.2. The summed E-state index contributed by atoms with van der Waals surface area (Å²) >= 11 is 0. The highest BCUT2D eigenvalue weighted by Crippen LogP contribution is 2.17. The van der Waals surface area contributed by atoms with Gasteiger partial charge in [0.2, 0.25) is 5.91 Å². The van der Waals surface area contributed by atoms with Gasteiger partial charge in [0.1, 0.15) is 12.4 Å². The van der Waals surface area contributed by atoms with Crippen LogP contribution in [0.5, 0.6) is 5.75 Å². The van der Waals surface area contributed by atoms with Crippen LogP contribution in [0.3, 0.4) is 0 Å². The van der Waals surface area contributed by atoms with Gasteiger partial charge < -0.3 is 25.4 Å². The minimum Gasteiger partial charge on any atom is -0.492 e. The van der Waals surface area contributed by atoms with Crippen LogP contribution < -0.4 is 20.7 Å². The average molecular weight is 427 g/mol. The van der Waals surface area contributed by atoms with Crippen molar-refractivity contribution < 1.29 is 14.3 Å². The van der Waals surface area contributed by atoms with Crippen LogP contribution >= 0.6 is 0 Å². The summed E-state index contributed by atoms with van der Waals surface area (Å²) in [6.45, 7) is 9.46. The Bertz CT molecular complexity index is 811. The van der Waals surface area contributed by atoms with Gasteiger partial charge in [-0.25, -0.2) is 0 Å². The van der Waals surface area contributed by atoms with Crippen molar-refractivity contribution in [3.8, 4) is 5.75 Å². The number of guanidine groups is 1. The first-order valence-electron chi connectivity index (χ1n) is 10.7. The van der Waals surface area contributed by atoms with Gasteiger partial charge in [-0.05, 0) is 30.5 Å². The Hall–Kier alpha value is -3.06. The number of hydrogen-bond donors (Lipinski definition) is 3. The molecule has 2 aromatic rings. The number of hydrogen-bond acceptors (Lipinski definition) is 4. The van der Waals surface area contributed by atoms with E-state index in [0.717, 1.165) is 18.2 Å². The number of aliphatic imine (C=N–C) groups is 1. The zero-order valence-electron chi connectivity index (χ0n) is 18.7. The van der Waals surface area contributed by atoms with Gasteiger partial charge in [0.15, 0.2) is 5.96 Å². The van der Waals surface area contributed by atoms with Gasteiger partial charge in [0.25, 0.3) is 0 Å². The number of nitrogens with one attached hydrogen (secondary N) is 3. The molecule has 1 atom stereocenters. The monoisotopic (exact) mass is 426 g/mol. The zero-order valence-corrected chi connectivity index (χ0v) is 18.7. The molecule has 1 amide bonds. The molecule has 7 heteroatoms. The van der Waals surface area contributed by atoms with Crippen LogP contribution in [0.1, 0.15) is 26.3 Å². The molecule has 0 bridgehead atoms. The lowest BCUT2D eigenvalue weighted by Gasteiger charge is -2.14. The molecular weight excluding hydrogens is 392 g/mol. The van der Waals surface area contributed by atoms with E-state index in [9.17, 15) is 4.79 Å². The van der Waals surface area contributed by atoms with Gasteiger partial charge >= 0.3 is 0 Å². The summed E-state index contributed by atoms with van der Waals surface area (Å²) in [5.41, 5.74) is 1.90. The second-order valence-electron chi connectivity index (χ2n) is 7.31. The summed E-state index contributed by atoms with van der Waals surface area (Å²) in [6, 6.07) is 17.5. The molecule has 0 aliphatic heterocycles. The van der Waals surface area contributed by atoms with Gasteiger partial charge in [-0.15, -0.1) is 0 Å². The maximum atomic E-state index is 11.2. The number of nitrogens with zero attached hydrogens (tertiary/aromatic N) is 1. The fourth-order valence-electron chi connectivity index (χ4n) is 2.80. The molecule has 31 heavy (non-hydrogen) atoms. The van der Waals surface area contributed by atoms with E-state index in [1.54, 1.807) is 6.07 Å². The maximum Gasteiger partial charge on any atom is 0.221 e. The minimum absolute atomic E-state index is 0.106. The Kier molecular flexibility index (Phi) is 11.0. The number of carbonyl (C=O) groups excluding carboxylic acids is 1. The highest BCUT2D eigenvalue weighted by molar-refractivity contribution is 5.88. The number of benzene rings is 2. The Morgan fingerprint density at radius 3 is 2.65 bits per heavy atom. The standard InChI is InChI=1S/C24H34N4O3/c1-4-25-24(27-16-19(2)17-30-18-21-9-6-5-7-10-21)26-13-14-31-23-12-8-11-22(15-23)28-20(3)29/h5-12,15,19H,4,13-14,16-18H2,1-3H3,(H,28,29)(H2,25,26,27). The van der Waals surface area contributed by atoms with E-state index >= 15 is 0 Å². The molecule has 0 heterocycles. The molecule has 2 aromatic carbocycles. The minimum atomic E-state index is -0.106. The van der Waals surface area contributed by atoms with Crippen LogP contribution in [0, 0.1) is 5.92 Å². The van der Waals surface area contributed by atoms with Gasteiger partial charge in [0.05, 0.1) is 19.8 Å². The van der Waals surface area contributed by atoms with Crippen LogP contribution in [-0.2, 0) is 16.1 Å². The van der Waals surface area contributed by atoms with Crippen molar-refractivity contribution in [2.45, 2.75) is 27.4 Å². The average Bonchev–Trinajstić information content (AvgIpc) is 2.75. The van der Waals surface area contributed by atoms with E-state index in [1.807, 2.05) is 43.3 Å². The summed E-state index contributed by atoms with van der Waals surface area (Å²) in [5, 5.41) is 9.27. The Balaban J connectivity index is 1.69. The zero-order chi connectivity index (χ0) is 22.3. The van der Waals surface area contributed by atoms with Crippen molar-refractivity contribution in [3.63, 3.8) is 0 Å². The third-order valence-corrected chi connectivity index (χ3v) is 4.24. The normalized spacial score (nSPS) is 12.2. The van der Waals surface area contributed by atoms with Crippen LogP contribution in [0.4, 0.5) is 5.69 Å². The van der Waals surface area contributed by atoms with Crippen molar-refractivity contribution in [2.24, 2.45) is 10.9 Å². The Morgan fingerprint density at radius 1 is 1.10 bits per heavy atom. The molecule has 0 saturated carbocycles. The molecule has 7 nitrogen and oxygen atoms in total. The first-order chi connectivity index (χ1) is 15.1. The highest BCUT2D eigenvalue weighted by atomic mass is 16.5. The summed E-state index contributed by atoms with van der Waals surface area (Å²) in [7, 11) is 0. The van der Waals surface area contributed by atoms with Gasteiger partial charge in [0, 0.05) is 31.8 Å². The van der Waals surface area contributed by atoms with Crippen LogP contribution in [-0.4, -0.2) is 44.7 Å². The number of rotatable bonds is 12. The second kappa shape index (κ2) is 14.0. The topological polar surface area (TPSA) is 84.0 Å². The van der Waals surface area contributed by atoms with Gasteiger partial charge in [-0.1, -0.05) is 43.3 Å². The molecule has 0 saturated heterocycles. The Labute approximate surface area is 185 Å². The largest absolute Gasteiger partial charge is 0.492 e. The van der Waals surface area contributed by atoms with Gasteiger partial charge in [-0.2, -0.15) is 0 Å². The molecule has 0 radical (unpaired) electrons. The fourth-order valence-corrected chi connectivity index (χ4v) is 2.80. The predicted molar refractivity (Wildman–Crippen MR) is 125 cm³/mol. The smallest absolute Gasteiger partial charge is 0.221 e. The van der Waals surface area contributed by atoms with Crippen molar-refractivity contribution in [1.29, 1.82) is 0 Å². The van der Waals surface area contributed by atoms with Crippen LogP contribution in [0.2, 0.25) is 0 Å². The lowest BCUT2D eigenvalue weighted by Crippen LogP contribution is -2.39. The summed E-state index contributed by atoms with van der Waals surface area (Å²) in [4.78, 5) is 15.8. The molecular formula is C24H34N4O3. The number of ether oxygens (including phenoxy) is 2. The fraction of sp³-hybridized carbons (Fsp3) is 0.417. The summed E-state index contributed by atoms with van der Waals surface area (Å²) in [6.07, 6.45) is 0. The molecule has 0 aliphatic carbocycles. The number of carbonyl (C=O) groups is 1. The third-order valence-electron chi connectivity index (χ3n) is 4.24. The van der Waals surface area contributed by atoms with E-state index in [1.165, 1.54) is 12.5 Å². The number of amides is 1. The Morgan fingerprint density at radius 2 is 1.90 bits per heavy atom. The van der Waals surface area contributed by atoms with Crippen molar-refractivity contribution in [3.05, 3.63) is 60.2 Å². The molecule has 0 spiro atoms. The quantitative estimate of drug-likeness (QED) is 0.275. The van der Waals surface area contributed by atoms with E-state index < -0.39 is 0 Å².